The third-order valence-corrected chi connectivity index (χ3v) is 5.43. The fourth-order valence-corrected chi connectivity index (χ4v) is 3.92. The molecule has 0 bridgehead atoms. The quantitative estimate of drug-likeness (QED) is 0.913. The van der Waals surface area contributed by atoms with Gasteiger partial charge >= 0.3 is 0 Å². The highest BCUT2D eigenvalue weighted by molar-refractivity contribution is 5.34. The van der Waals surface area contributed by atoms with Gasteiger partial charge < -0.3 is 10.5 Å². The van der Waals surface area contributed by atoms with E-state index in [-0.39, 0.29) is 5.54 Å². The van der Waals surface area contributed by atoms with Gasteiger partial charge in [-0.2, -0.15) is 0 Å². The third-order valence-electron chi connectivity index (χ3n) is 5.43. The minimum absolute atomic E-state index is 0.142. The van der Waals surface area contributed by atoms with Gasteiger partial charge in [0.25, 0.3) is 0 Å². The maximum atomic E-state index is 6.24. The average molecular weight is 287 g/mol. The molecule has 4 heteroatoms. The predicted octanol–water partition coefficient (Wildman–Crippen LogP) is 1.45. The molecule has 3 aliphatic rings. The molecule has 0 amide bonds. The van der Waals surface area contributed by atoms with Crippen LogP contribution in [0.4, 0.5) is 0 Å². The molecular weight excluding hydrogens is 262 g/mol. The maximum Gasteiger partial charge on any atom is 0.123 e. The second-order valence-corrected chi connectivity index (χ2v) is 6.76. The van der Waals surface area contributed by atoms with E-state index in [0.717, 1.165) is 44.6 Å². The first-order valence-electron chi connectivity index (χ1n) is 8.21. The molecule has 1 unspecified atom stereocenters. The van der Waals surface area contributed by atoms with Crippen LogP contribution in [0.2, 0.25) is 0 Å². The predicted molar refractivity (Wildman–Crippen MR) is 83.3 cm³/mol. The standard InChI is InChI=1S/C17H25N3O/c18-12-17(7-8-19(13-17)15-5-6-15)20-9-10-21-16-4-2-1-3-14(16)11-20/h1-4,15H,5-13,18H2. The summed E-state index contributed by atoms with van der Waals surface area (Å²) in [5, 5.41) is 0. The molecule has 2 fully saturated rings. The molecule has 1 atom stereocenters. The SMILES string of the molecule is NCC1(N2CCOc3ccccc3C2)CCN(C2CC2)C1. The van der Waals surface area contributed by atoms with E-state index >= 15 is 0 Å². The lowest BCUT2D eigenvalue weighted by Crippen LogP contribution is -2.56. The van der Waals surface area contributed by atoms with E-state index in [1.54, 1.807) is 0 Å². The van der Waals surface area contributed by atoms with E-state index in [1.165, 1.54) is 31.4 Å². The van der Waals surface area contributed by atoms with Crippen LogP contribution < -0.4 is 10.5 Å². The summed E-state index contributed by atoms with van der Waals surface area (Å²) in [5.74, 6) is 1.05. The van der Waals surface area contributed by atoms with E-state index in [0.29, 0.717) is 0 Å². The van der Waals surface area contributed by atoms with Gasteiger partial charge in [-0.25, -0.2) is 0 Å². The Kier molecular flexibility index (Phi) is 3.40. The fourth-order valence-electron chi connectivity index (χ4n) is 3.92. The van der Waals surface area contributed by atoms with Crippen molar-refractivity contribution in [3.05, 3.63) is 29.8 Å². The monoisotopic (exact) mass is 287 g/mol. The second kappa shape index (κ2) is 5.27. The van der Waals surface area contributed by atoms with Crippen LogP contribution in [0, 0.1) is 0 Å². The van der Waals surface area contributed by atoms with Gasteiger partial charge in [0.05, 0.1) is 0 Å². The van der Waals surface area contributed by atoms with Crippen molar-refractivity contribution in [2.24, 2.45) is 5.73 Å². The molecule has 0 radical (unpaired) electrons. The van der Waals surface area contributed by atoms with Crippen LogP contribution in [0.3, 0.4) is 0 Å². The summed E-state index contributed by atoms with van der Waals surface area (Å²) < 4.78 is 5.92. The molecule has 4 nitrogen and oxygen atoms in total. The minimum atomic E-state index is 0.142. The van der Waals surface area contributed by atoms with Gasteiger partial charge in [-0.1, -0.05) is 18.2 Å². The number of hydrogen-bond acceptors (Lipinski definition) is 4. The van der Waals surface area contributed by atoms with Crippen molar-refractivity contribution in [2.75, 3.05) is 32.8 Å². The number of fused-ring (bicyclic) bond motifs is 1. The van der Waals surface area contributed by atoms with E-state index < -0.39 is 0 Å². The molecule has 2 aliphatic heterocycles. The van der Waals surface area contributed by atoms with Crippen molar-refractivity contribution < 1.29 is 4.74 Å². The number of rotatable bonds is 3. The molecule has 1 saturated heterocycles. The van der Waals surface area contributed by atoms with E-state index in [9.17, 15) is 0 Å². The Morgan fingerprint density at radius 1 is 1.24 bits per heavy atom. The average Bonchev–Trinajstić information content (AvgIpc) is 3.31. The number of para-hydroxylation sites is 1. The second-order valence-electron chi connectivity index (χ2n) is 6.76. The topological polar surface area (TPSA) is 41.7 Å². The Morgan fingerprint density at radius 2 is 2.10 bits per heavy atom. The van der Waals surface area contributed by atoms with Crippen LogP contribution in [-0.2, 0) is 6.54 Å². The van der Waals surface area contributed by atoms with Crippen LogP contribution in [0.15, 0.2) is 24.3 Å². The zero-order chi connectivity index (χ0) is 14.3. The van der Waals surface area contributed by atoms with Gasteiger partial charge in [0, 0.05) is 49.9 Å². The van der Waals surface area contributed by atoms with Gasteiger partial charge in [-0.3, -0.25) is 9.80 Å². The molecule has 0 aromatic heterocycles. The van der Waals surface area contributed by atoms with Crippen LogP contribution in [0.25, 0.3) is 0 Å². The molecule has 114 valence electrons. The van der Waals surface area contributed by atoms with Crippen molar-refractivity contribution in [1.29, 1.82) is 0 Å². The van der Waals surface area contributed by atoms with E-state index in [1.807, 2.05) is 0 Å². The smallest absolute Gasteiger partial charge is 0.123 e. The Morgan fingerprint density at radius 3 is 2.90 bits per heavy atom. The van der Waals surface area contributed by atoms with Gasteiger partial charge in [-0.15, -0.1) is 0 Å². The fraction of sp³-hybridized carbons (Fsp3) is 0.647. The molecule has 1 aliphatic carbocycles. The highest BCUT2D eigenvalue weighted by atomic mass is 16.5. The summed E-state index contributed by atoms with van der Waals surface area (Å²) >= 11 is 0. The number of likely N-dealkylation sites (tertiary alicyclic amines) is 1. The summed E-state index contributed by atoms with van der Waals surface area (Å²) in [6.07, 6.45) is 3.96. The number of ether oxygens (including phenoxy) is 1. The Hall–Kier alpha value is -1.10. The van der Waals surface area contributed by atoms with Crippen molar-refractivity contribution in [2.45, 2.75) is 37.4 Å². The van der Waals surface area contributed by atoms with Gasteiger partial charge in [0.15, 0.2) is 0 Å². The first-order chi connectivity index (χ1) is 10.3. The van der Waals surface area contributed by atoms with E-state index in [2.05, 4.69) is 34.1 Å². The lowest BCUT2D eigenvalue weighted by Gasteiger charge is -2.39. The lowest BCUT2D eigenvalue weighted by atomic mass is 9.95. The summed E-state index contributed by atoms with van der Waals surface area (Å²) in [6, 6.07) is 9.27. The summed E-state index contributed by atoms with van der Waals surface area (Å²) in [6.45, 7) is 5.80. The lowest BCUT2D eigenvalue weighted by molar-refractivity contribution is 0.0825. The van der Waals surface area contributed by atoms with Gasteiger partial charge in [0.2, 0.25) is 0 Å². The number of benzene rings is 1. The molecule has 4 rings (SSSR count). The van der Waals surface area contributed by atoms with Crippen LogP contribution in [-0.4, -0.2) is 54.2 Å². The van der Waals surface area contributed by atoms with Gasteiger partial charge in [-0.05, 0) is 25.3 Å². The number of nitrogens with two attached hydrogens (primary N) is 1. The first kappa shape index (κ1) is 13.6. The molecule has 1 aromatic rings. The zero-order valence-electron chi connectivity index (χ0n) is 12.6. The van der Waals surface area contributed by atoms with Crippen molar-refractivity contribution >= 4 is 0 Å². The van der Waals surface area contributed by atoms with Gasteiger partial charge in [0.1, 0.15) is 12.4 Å². The molecule has 1 aromatic carbocycles. The van der Waals surface area contributed by atoms with E-state index in [4.69, 9.17) is 10.5 Å². The molecule has 21 heavy (non-hydrogen) atoms. The minimum Gasteiger partial charge on any atom is -0.492 e. The first-order valence-corrected chi connectivity index (χ1v) is 8.21. The number of hydrogen-bond donors (Lipinski definition) is 1. The zero-order valence-corrected chi connectivity index (χ0v) is 12.6. The summed E-state index contributed by atoms with van der Waals surface area (Å²) in [5.41, 5.74) is 7.69. The van der Waals surface area contributed by atoms with Crippen LogP contribution in [0.1, 0.15) is 24.8 Å². The van der Waals surface area contributed by atoms with Crippen molar-refractivity contribution in [3.8, 4) is 5.75 Å². The van der Waals surface area contributed by atoms with Crippen LogP contribution in [0.5, 0.6) is 5.75 Å². The normalized spacial score (nSPS) is 30.7. The summed E-state index contributed by atoms with van der Waals surface area (Å²) in [7, 11) is 0. The van der Waals surface area contributed by atoms with Crippen molar-refractivity contribution in [3.63, 3.8) is 0 Å². The molecular formula is C17H25N3O. The maximum absolute atomic E-state index is 6.24. The largest absolute Gasteiger partial charge is 0.492 e. The molecule has 0 spiro atoms. The highest BCUT2D eigenvalue weighted by Gasteiger charge is 2.46. The molecule has 1 saturated carbocycles. The van der Waals surface area contributed by atoms with Crippen molar-refractivity contribution in [1.82, 2.24) is 9.80 Å². The molecule has 2 N–H and O–H groups in total. The Balaban J connectivity index is 1.56. The Bertz CT molecular complexity index is 517. The Labute approximate surface area is 126 Å². The third kappa shape index (κ3) is 2.45. The van der Waals surface area contributed by atoms with Crippen LogP contribution >= 0.6 is 0 Å². The number of nitrogens with zero attached hydrogens (tertiary/aromatic N) is 2. The molecule has 2 heterocycles. The summed E-state index contributed by atoms with van der Waals surface area (Å²) in [4.78, 5) is 5.24. The highest BCUT2D eigenvalue weighted by Crippen LogP contribution is 2.37.